The van der Waals surface area contributed by atoms with Gasteiger partial charge in [-0.05, 0) is 25.0 Å². The third-order valence-corrected chi connectivity index (χ3v) is 3.13. The number of rotatable bonds is 7. The Bertz CT molecular complexity index is 479. The summed E-state index contributed by atoms with van der Waals surface area (Å²) in [5, 5.41) is 11.3. The summed E-state index contributed by atoms with van der Waals surface area (Å²) in [6, 6.07) is 7.32. The molecule has 0 aromatic heterocycles. The van der Waals surface area contributed by atoms with Crippen LogP contribution < -0.4 is 5.32 Å². The number of hydrogen-bond donors (Lipinski definition) is 2. The van der Waals surface area contributed by atoms with Crippen LogP contribution in [0.4, 0.5) is 5.69 Å². The van der Waals surface area contributed by atoms with Crippen LogP contribution in [0.5, 0.6) is 0 Å². The summed E-state index contributed by atoms with van der Waals surface area (Å²) in [7, 11) is 0. The molecular weight excluding hydrogens is 274 g/mol. The number of carbonyl (C=O) groups is 2. The van der Waals surface area contributed by atoms with Gasteiger partial charge in [0.25, 0.3) is 0 Å². The third kappa shape index (κ3) is 5.17. The Balaban J connectivity index is 1.74. The van der Waals surface area contributed by atoms with Crippen molar-refractivity contribution in [3.05, 3.63) is 29.8 Å². The maximum absolute atomic E-state index is 11.7. The lowest BCUT2D eigenvalue weighted by Crippen LogP contribution is -2.11. The minimum Gasteiger partial charge on any atom is -0.481 e. The number of unbranched alkanes of at least 4 members (excludes halogenated alkanes) is 1. The number of benzene rings is 1. The average Bonchev–Trinajstić information content (AvgIpc) is 2.98. The molecule has 6 nitrogen and oxygen atoms in total. The van der Waals surface area contributed by atoms with E-state index >= 15 is 0 Å². The summed E-state index contributed by atoms with van der Waals surface area (Å²) in [6.45, 7) is 1.19. The molecule has 1 heterocycles. The van der Waals surface area contributed by atoms with E-state index in [1.807, 2.05) is 12.1 Å². The number of anilines is 1. The molecule has 1 aromatic carbocycles. The highest BCUT2D eigenvalue weighted by molar-refractivity contribution is 5.90. The summed E-state index contributed by atoms with van der Waals surface area (Å²) in [4.78, 5) is 22.0. The Kier molecular flexibility index (Phi) is 5.71. The highest BCUT2D eigenvalue weighted by Gasteiger charge is 2.17. The summed E-state index contributed by atoms with van der Waals surface area (Å²) in [5.74, 6) is -0.941. The number of nitrogens with one attached hydrogen (secondary N) is 1. The summed E-state index contributed by atoms with van der Waals surface area (Å²) in [6.07, 6.45) is 1.19. The maximum atomic E-state index is 11.7. The number of carboxylic acid groups (broad SMARTS) is 1. The maximum Gasteiger partial charge on any atom is 0.303 e. The lowest BCUT2D eigenvalue weighted by molar-refractivity contribution is -0.137. The number of amides is 1. The first-order valence-electron chi connectivity index (χ1n) is 7.00. The van der Waals surface area contributed by atoms with E-state index in [1.54, 1.807) is 12.1 Å². The van der Waals surface area contributed by atoms with E-state index in [-0.39, 0.29) is 18.6 Å². The smallest absolute Gasteiger partial charge is 0.303 e. The van der Waals surface area contributed by atoms with Gasteiger partial charge < -0.3 is 19.9 Å². The van der Waals surface area contributed by atoms with Crippen LogP contribution in [0.1, 0.15) is 37.5 Å². The van der Waals surface area contributed by atoms with Gasteiger partial charge in [0.1, 0.15) is 0 Å². The molecule has 0 bridgehead atoms. The first kappa shape index (κ1) is 15.5. The third-order valence-electron chi connectivity index (χ3n) is 3.13. The lowest BCUT2D eigenvalue weighted by Gasteiger charge is -2.10. The van der Waals surface area contributed by atoms with Crippen LogP contribution in [-0.2, 0) is 19.1 Å². The Morgan fingerprint density at radius 1 is 1.10 bits per heavy atom. The van der Waals surface area contributed by atoms with Gasteiger partial charge >= 0.3 is 5.97 Å². The molecule has 1 aliphatic rings. The van der Waals surface area contributed by atoms with Gasteiger partial charge in [0, 0.05) is 24.1 Å². The second-order valence-electron chi connectivity index (χ2n) is 4.84. The predicted octanol–water partition coefficient (Wildman–Crippen LogP) is 2.32. The highest BCUT2D eigenvalue weighted by Crippen LogP contribution is 2.24. The number of carboxylic acids is 1. The number of ether oxygens (including phenoxy) is 2. The lowest BCUT2D eigenvalue weighted by atomic mass is 10.1. The highest BCUT2D eigenvalue weighted by atomic mass is 16.7. The van der Waals surface area contributed by atoms with E-state index in [9.17, 15) is 9.59 Å². The molecule has 0 unspecified atom stereocenters. The van der Waals surface area contributed by atoms with E-state index in [0.717, 1.165) is 5.56 Å². The monoisotopic (exact) mass is 293 g/mol. The molecule has 1 aliphatic heterocycles. The zero-order valence-corrected chi connectivity index (χ0v) is 11.7. The molecule has 2 N–H and O–H groups in total. The van der Waals surface area contributed by atoms with Crippen LogP contribution in [-0.4, -0.2) is 30.2 Å². The molecule has 1 saturated heterocycles. The second-order valence-corrected chi connectivity index (χ2v) is 4.84. The van der Waals surface area contributed by atoms with Crippen LogP contribution in [0.15, 0.2) is 24.3 Å². The van der Waals surface area contributed by atoms with E-state index in [0.29, 0.717) is 38.2 Å². The molecule has 114 valence electrons. The predicted molar refractivity (Wildman–Crippen MR) is 75.8 cm³/mol. The molecule has 1 amide bonds. The molecule has 1 fully saturated rings. The van der Waals surface area contributed by atoms with Gasteiger partial charge in [-0.25, -0.2) is 0 Å². The molecule has 1 aromatic rings. The van der Waals surface area contributed by atoms with Crippen molar-refractivity contribution in [3.63, 3.8) is 0 Å². The molecule has 2 rings (SSSR count). The first-order chi connectivity index (χ1) is 10.1. The van der Waals surface area contributed by atoms with Crippen molar-refractivity contribution in [1.82, 2.24) is 0 Å². The Morgan fingerprint density at radius 3 is 2.33 bits per heavy atom. The van der Waals surface area contributed by atoms with E-state index < -0.39 is 5.97 Å². The quantitative estimate of drug-likeness (QED) is 0.754. The molecule has 0 atom stereocenters. The van der Waals surface area contributed by atoms with Gasteiger partial charge in [-0.3, -0.25) is 9.59 Å². The van der Waals surface area contributed by atoms with E-state index in [4.69, 9.17) is 14.6 Å². The number of carbonyl (C=O) groups excluding carboxylic acids is 1. The molecule has 0 aliphatic carbocycles. The first-order valence-corrected chi connectivity index (χ1v) is 7.00. The van der Waals surface area contributed by atoms with E-state index in [2.05, 4.69) is 5.32 Å². The van der Waals surface area contributed by atoms with Gasteiger partial charge in [0.05, 0.1) is 13.2 Å². The fourth-order valence-corrected chi connectivity index (χ4v) is 2.06. The normalized spacial score (nSPS) is 15.0. The molecule has 0 radical (unpaired) electrons. The van der Waals surface area contributed by atoms with Gasteiger partial charge in [0.2, 0.25) is 5.91 Å². The second kappa shape index (κ2) is 7.75. The minimum absolute atomic E-state index is 0.101. The minimum atomic E-state index is -0.831. The Labute approximate surface area is 123 Å². The van der Waals surface area contributed by atoms with Crippen LogP contribution >= 0.6 is 0 Å². The van der Waals surface area contributed by atoms with Gasteiger partial charge in [0.15, 0.2) is 6.29 Å². The van der Waals surface area contributed by atoms with Crippen molar-refractivity contribution in [2.45, 2.75) is 32.0 Å². The SMILES string of the molecule is O=C(O)CCCCC(=O)Nc1ccc(C2OCCO2)cc1. The van der Waals surface area contributed by atoms with Crippen molar-refractivity contribution in [3.8, 4) is 0 Å². The molecular formula is C15H19NO5. The van der Waals surface area contributed by atoms with Crippen LogP contribution in [0.3, 0.4) is 0 Å². The van der Waals surface area contributed by atoms with E-state index in [1.165, 1.54) is 0 Å². The van der Waals surface area contributed by atoms with Crippen molar-refractivity contribution >= 4 is 17.6 Å². The molecule has 0 saturated carbocycles. The fourth-order valence-electron chi connectivity index (χ4n) is 2.06. The molecule has 6 heteroatoms. The summed E-state index contributed by atoms with van der Waals surface area (Å²) < 4.78 is 10.8. The van der Waals surface area contributed by atoms with Crippen molar-refractivity contribution in [2.75, 3.05) is 18.5 Å². The van der Waals surface area contributed by atoms with Crippen LogP contribution in [0.2, 0.25) is 0 Å². The van der Waals surface area contributed by atoms with Crippen molar-refractivity contribution in [1.29, 1.82) is 0 Å². The fraction of sp³-hybridized carbons (Fsp3) is 0.467. The largest absolute Gasteiger partial charge is 0.481 e. The summed E-state index contributed by atoms with van der Waals surface area (Å²) >= 11 is 0. The van der Waals surface area contributed by atoms with Crippen molar-refractivity contribution < 1.29 is 24.2 Å². The van der Waals surface area contributed by atoms with Gasteiger partial charge in [-0.15, -0.1) is 0 Å². The zero-order valence-electron chi connectivity index (χ0n) is 11.7. The molecule has 0 spiro atoms. The van der Waals surface area contributed by atoms with Crippen LogP contribution in [0.25, 0.3) is 0 Å². The number of aliphatic carboxylic acids is 1. The van der Waals surface area contributed by atoms with Crippen LogP contribution in [0, 0.1) is 0 Å². The standard InChI is InChI=1S/C15H19NO5/c17-13(3-1-2-4-14(18)19)16-12-7-5-11(6-8-12)15-20-9-10-21-15/h5-8,15H,1-4,9-10H2,(H,16,17)(H,18,19). The topological polar surface area (TPSA) is 84.9 Å². The Morgan fingerprint density at radius 2 is 1.71 bits per heavy atom. The zero-order chi connectivity index (χ0) is 15.1. The van der Waals surface area contributed by atoms with Crippen molar-refractivity contribution in [2.24, 2.45) is 0 Å². The number of hydrogen-bond acceptors (Lipinski definition) is 4. The van der Waals surface area contributed by atoms with Gasteiger partial charge in [-0.1, -0.05) is 12.1 Å². The Hall–Kier alpha value is -1.92. The van der Waals surface area contributed by atoms with Gasteiger partial charge in [-0.2, -0.15) is 0 Å². The average molecular weight is 293 g/mol. The summed E-state index contributed by atoms with van der Waals surface area (Å²) in [5.41, 5.74) is 1.63. The molecule has 21 heavy (non-hydrogen) atoms.